The van der Waals surface area contributed by atoms with Crippen molar-refractivity contribution in [3.05, 3.63) is 35.5 Å². The molecule has 0 unspecified atom stereocenters. The number of aromatic carboxylic acids is 1. The number of H-pyrrole nitrogens is 1. The van der Waals surface area contributed by atoms with Crippen LogP contribution in [0.25, 0.3) is 11.3 Å². The SMILES string of the molecule is COc1ccc(-c2cc(C(=O)O)[nH]n2)cc1CN1CCOCC1. The zero-order valence-electron chi connectivity index (χ0n) is 12.9. The van der Waals surface area contributed by atoms with Crippen molar-refractivity contribution >= 4 is 5.97 Å². The van der Waals surface area contributed by atoms with Gasteiger partial charge in [0, 0.05) is 30.8 Å². The lowest BCUT2D eigenvalue weighted by Gasteiger charge is -2.27. The van der Waals surface area contributed by atoms with Crippen molar-refractivity contribution in [3.8, 4) is 17.0 Å². The van der Waals surface area contributed by atoms with E-state index in [4.69, 9.17) is 14.6 Å². The number of carbonyl (C=O) groups is 1. The van der Waals surface area contributed by atoms with E-state index in [9.17, 15) is 4.79 Å². The lowest BCUT2D eigenvalue weighted by atomic mass is 10.1. The summed E-state index contributed by atoms with van der Waals surface area (Å²) in [4.78, 5) is 13.3. The van der Waals surface area contributed by atoms with E-state index in [-0.39, 0.29) is 5.69 Å². The molecule has 1 saturated heterocycles. The van der Waals surface area contributed by atoms with Gasteiger partial charge in [-0.25, -0.2) is 4.79 Å². The average Bonchev–Trinajstić information content (AvgIpc) is 3.06. The van der Waals surface area contributed by atoms with Crippen LogP contribution in [-0.2, 0) is 11.3 Å². The standard InChI is InChI=1S/C16H19N3O4/c1-22-15-3-2-11(13-9-14(16(20)21)18-17-13)8-12(15)10-19-4-6-23-7-5-19/h2-3,8-9H,4-7,10H2,1H3,(H,17,18)(H,20,21). The highest BCUT2D eigenvalue weighted by atomic mass is 16.5. The molecule has 3 rings (SSSR count). The van der Waals surface area contributed by atoms with Gasteiger partial charge in [0.1, 0.15) is 11.4 Å². The van der Waals surface area contributed by atoms with E-state index in [1.807, 2.05) is 18.2 Å². The Kier molecular flexibility index (Phi) is 4.59. The van der Waals surface area contributed by atoms with Crippen LogP contribution in [0.2, 0.25) is 0 Å². The summed E-state index contributed by atoms with van der Waals surface area (Å²) < 4.78 is 10.8. The molecule has 0 spiro atoms. The van der Waals surface area contributed by atoms with Crippen LogP contribution in [0, 0.1) is 0 Å². The average molecular weight is 317 g/mol. The first kappa shape index (κ1) is 15.5. The van der Waals surface area contributed by atoms with Gasteiger partial charge in [0.05, 0.1) is 26.0 Å². The van der Waals surface area contributed by atoms with Gasteiger partial charge in [0.15, 0.2) is 0 Å². The molecule has 0 amide bonds. The molecule has 2 aromatic rings. The Labute approximate surface area is 133 Å². The van der Waals surface area contributed by atoms with Crippen molar-refractivity contribution in [1.82, 2.24) is 15.1 Å². The summed E-state index contributed by atoms with van der Waals surface area (Å²) in [6.07, 6.45) is 0. The van der Waals surface area contributed by atoms with Crippen LogP contribution < -0.4 is 4.74 Å². The molecule has 1 aromatic carbocycles. The molecule has 0 bridgehead atoms. The van der Waals surface area contributed by atoms with Crippen LogP contribution in [0.5, 0.6) is 5.75 Å². The van der Waals surface area contributed by atoms with Gasteiger partial charge >= 0.3 is 5.97 Å². The zero-order chi connectivity index (χ0) is 16.2. The highest BCUT2D eigenvalue weighted by molar-refractivity contribution is 5.86. The molecule has 0 aliphatic carbocycles. The number of hydrogen-bond acceptors (Lipinski definition) is 5. The summed E-state index contributed by atoms with van der Waals surface area (Å²) in [5, 5.41) is 15.6. The minimum atomic E-state index is -1.02. The number of aromatic amines is 1. The Morgan fingerprint density at radius 1 is 1.39 bits per heavy atom. The minimum absolute atomic E-state index is 0.0746. The number of aromatic nitrogens is 2. The van der Waals surface area contributed by atoms with E-state index in [1.165, 1.54) is 6.07 Å². The van der Waals surface area contributed by atoms with Crippen LogP contribution in [0.3, 0.4) is 0 Å². The van der Waals surface area contributed by atoms with Gasteiger partial charge in [-0.3, -0.25) is 10.00 Å². The van der Waals surface area contributed by atoms with E-state index >= 15 is 0 Å². The number of rotatable bonds is 5. The smallest absolute Gasteiger partial charge is 0.353 e. The first-order valence-corrected chi connectivity index (χ1v) is 7.43. The molecule has 1 aliphatic heterocycles. The Morgan fingerprint density at radius 3 is 2.83 bits per heavy atom. The molecule has 0 radical (unpaired) electrons. The molecule has 7 heteroatoms. The molecule has 2 heterocycles. The maximum atomic E-state index is 11.0. The van der Waals surface area contributed by atoms with Gasteiger partial charge in [-0.2, -0.15) is 5.10 Å². The fourth-order valence-corrected chi connectivity index (χ4v) is 2.64. The molecule has 1 aliphatic rings. The van der Waals surface area contributed by atoms with Crippen molar-refractivity contribution in [1.29, 1.82) is 0 Å². The van der Waals surface area contributed by atoms with Gasteiger partial charge in [-0.1, -0.05) is 0 Å². The van der Waals surface area contributed by atoms with Gasteiger partial charge in [0.25, 0.3) is 0 Å². The van der Waals surface area contributed by atoms with Gasteiger partial charge in [0.2, 0.25) is 0 Å². The molecule has 0 saturated carbocycles. The number of hydrogen-bond donors (Lipinski definition) is 2. The van der Waals surface area contributed by atoms with Crippen LogP contribution in [0.15, 0.2) is 24.3 Å². The van der Waals surface area contributed by atoms with Crippen molar-refractivity contribution in [2.75, 3.05) is 33.4 Å². The second-order valence-electron chi connectivity index (χ2n) is 5.39. The first-order valence-electron chi connectivity index (χ1n) is 7.43. The first-order chi connectivity index (χ1) is 11.2. The summed E-state index contributed by atoms with van der Waals surface area (Å²) in [5.41, 5.74) is 2.59. The number of benzene rings is 1. The van der Waals surface area contributed by atoms with Crippen LogP contribution in [0.1, 0.15) is 16.1 Å². The third kappa shape index (κ3) is 3.52. The largest absolute Gasteiger partial charge is 0.496 e. The third-order valence-electron chi connectivity index (χ3n) is 3.88. The van der Waals surface area contributed by atoms with E-state index < -0.39 is 5.97 Å². The number of morpholine rings is 1. The Morgan fingerprint density at radius 2 is 2.17 bits per heavy atom. The lowest BCUT2D eigenvalue weighted by Crippen LogP contribution is -2.35. The molecule has 7 nitrogen and oxygen atoms in total. The number of methoxy groups -OCH3 is 1. The van der Waals surface area contributed by atoms with Crippen molar-refractivity contribution in [2.45, 2.75) is 6.54 Å². The highest BCUT2D eigenvalue weighted by Crippen LogP contribution is 2.27. The summed E-state index contributed by atoms with van der Waals surface area (Å²) in [6.45, 7) is 4.02. The van der Waals surface area contributed by atoms with Crippen LogP contribution in [0.4, 0.5) is 0 Å². The second kappa shape index (κ2) is 6.80. The monoisotopic (exact) mass is 317 g/mol. The molecule has 122 valence electrons. The molecular weight excluding hydrogens is 298 g/mol. The number of carboxylic acids is 1. The van der Waals surface area contributed by atoms with E-state index in [0.29, 0.717) is 5.69 Å². The number of nitrogens with zero attached hydrogens (tertiary/aromatic N) is 2. The van der Waals surface area contributed by atoms with Crippen molar-refractivity contribution in [3.63, 3.8) is 0 Å². The van der Waals surface area contributed by atoms with Gasteiger partial charge < -0.3 is 14.6 Å². The predicted octanol–water partition coefficient (Wildman–Crippen LogP) is 1.62. The molecular formula is C16H19N3O4. The van der Waals surface area contributed by atoms with Crippen molar-refractivity contribution in [2.24, 2.45) is 0 Å². The second-order valence-corrected chi connectivity index (χ2v) is 5.39. The fraction of sp³-hybridized carbons (Fsp3) is 0.375. The molecule has 1 aromatic heterocycles. The van der Waals surface area contributed by atoms with Gasteiger partial charge in [-0.05, 0) is 24.3 Å². The van der Waals surface area contributed by atoms with E-state index in [2.05, 4.69) is 15.1 Å². The summed E-state index contributed by atoms with van der Waals surface area (Å²) in [6, 6.07) is 7.29. The molecule has 0 atom stereocenters. The fourth-order valence-electron chi connectivity index (χ4n) is 2.64. The summed E-state index contributed by atoms with van der Waals surface area (Å²) in [7, 11) is 1.65. The predicted molar refractivity (Wildman–Crippen MR) is 83.6 cm³/mol. The van der Waals surface area contributed by atoms with E-state index in [0.717, 1.165) is 49.7 Å². The Balaban J connectivity index is 1.86. The normalized spacial score (nSPS) is 15.5. The van der Waals surface area contributed by atoms with Gasteiger partial charge in [-0.15, -0.1) is 0 Å². The maximum absolute atomic E-state index is 11.0. The maximum Gasteiger partial charge on any atom is 0.353 e. The molecule has 2 N–H and O–H groups in total. The third-order valence-corrected chi connectivity index (χ3v) is 3.88. The minimum Gasteiger partial charge on any atom is -0.496 e. The number of carboxylic acid groups (broad SMARTS) is 1. The quantitative estimate of drug-likeness (QED) is 0.871. The molecule has 23 heavy (non-hydrogen) atoms. The number of nitrogens with one attached hydrogen (secondary N) is 1. The van der Waals surface area contributed by atoms with E-state index in [1.54, 1.807) is 7.11 Å². The molecule has 1 fully saturated rings. The summed E-state index contributed by atoms with van der Waals surface area (Å²) >= 11 is 0. The van der Waals surface area contributed by atoms with Crippen LogP contribution in [-0.4, -0.2) is 59.6 Å². The lowest BCUT2D eigenvalue weighted by molar-refractivity contribution is 0.0339. The highest BCUT2D eigenvalue weighted by Gasteiger charge is 2.15. The summed E-state index contributed by atoms with van der Waals surface area (Å²) in [5.74, 6) is -0.208. The van der Waals surface area contributed by atoms with Crippen molar-refractivity contribution < 1.29 is 19.4 Å². The number of ether oxygens (including phenoxy) is 2. The zero-order valence-corrected chi connectivity index (χ0v) is 12.9. The Bertz CT molecular complexity index is 692. The Hall–Kier alpha value is -2.38. The van der Waals surface area contributed by atoms with Crippen LogP contribution >= 0.6 is 0 Å². The topological polar surface area (TPSA) is 87.7 Å².